The maximum Gasteiger partial charge on any atom is 0.289 e. The Kier molecular flexibility index (Phi) is 5.21. The fourth-order valence-electron chi connectivity index (χ4n) is 3.55. The Morgan fingerprint density at radius 3 is 2.67 bits per heavy atom. The molecule has 1 aliphatic rings. The van der Waals surface area contributed by atoms with E-state index in [1.807, 2.05) is 62.1 Å². The zero-order chi connectivity index (χ0) is 17.3. The van der Waals surface area contributed by atoms with Gasteiger partial charge in [0.1, 0.15) is 5.58 Å². The predicted molar refractivity (Wildman–Crippen MR) is 101 cm³/mol. The van der Waals surface area contributed by atoms with Crippen molar-refractivity contribution in [2.45, 2.75) is 37.1 Å². The summed E-state index contributed by atoms with van der Waals surface area (Å²) in [6.45, 7) is 0.698. The molecule has 24 heavy (non-hydrogen) atoms. The first kappa shape index (κ1) is 17.4. The lowest BCUT2D eigenvalue weighted by Crippen LogP contribution is -2.36. The molecule has 3 rings (SSSR count). The van der Waals surface area contributed by atoms with Crippen LogP contribution in [-0.2, 0) is 6.54 Å². The number of para-hydroxylation sites is 1. The Labute approximate surface area is 148 Å². The van der Waals surface area contributed by atoms with Crippen molar-refractivity contribution >= 4 is 28.6 Å². The molecular weight excluding hydrogens is 320 g/mol. The zero-order valence-corrected chi connectivity index (χ0v) is 15.7. The number of nitrogens with zero attached hydrogens (tertiary/aromatic N) is 2. The van der Waals surface area contributed by atoms with Gasteiger partial charge in [-0.1, -0.05) is 18.2 Å². The number of benzene rings is 1. The summed E-state index contributed by atoms with van der Waals surface area (Å²) in [5.74, 6) is 0.509. The lowest BCUT2D eigenvalue weighted by atomic mass is 10.1. The van der Waals surface area contributed by atoms with Crippen molar-refractivity contribution < 1.29 is 9.21 Å². The van der Waals surface area contributed by atoms with Gasteiger partial charge in [-0.15, -0.1) is 0 Å². The van der Waals surface area contributed by atoms with E-state index in [9.17, 15) is 4.79 Å². The van der Waals surface area contributed by atoms with Crippen LogP contribution in [0.25, 0.3) is 11.0 Å². The van der Waals surface area contributed by atoms with Crippen LogP contribution >= 0.6 is 11.8 Å². The summed E-state index contributed by atoms with van der Waals surface area (Å²) in [6.07, 6.45) is 5.50. The number of amides is 1. The molecule has 1 amide bonds. The van der Waals surface area contributed by atoms with Crippen LogP contribution in [-0.4, -0.2) is 54.4 Å². The first-order chi connectivity index (χ1) is 11.5. The first-order valence-corrected chi connectivity index (χ1v) is 9.75. The molecule has 0 spiro atoms. The Morgan fingerprint density at radius 2 is 2.00 bits per heavy atom. The van der Waals surface area contributed by atoms with Gasteiger partial charge in [-0.2, -0.15) is 11.8 Å². The Balaban J connectivity index is 1.91. The van der Waals surface area contributed by atoms with Crippen LogP contribution < -0.4 is 0 Å². The number of thioether (sulfide) groups is 1. The number of rotatable bonds is 5. The Morgan fingerprint density at radius 1 is 1.25 bits per heavy atom. The van der Waals surface area contributed by atoms with Gasteiger partial charge >= 0.3 is 0 Å². The van der Waals surface area contributed by atoms with Gasteiger partial charge in [-0.3, -0.25) is 4.79 Å². The molecule has 0 bridgehead atoms. The zero-order valence-electron chi connectivity index (χ0n) is 14.9. The number of carbonyl (C=O) groups excluding carboxylic acids is 1. The monoisotopic (exact) mass is 346 g/mol. The summed E-state index contributed by atoms with van der Waals surface area (Å²) in [4.78, 5) is 17.1. The summed E-state index contributed by atoms with van der Waals surface area (Å²) < 4.78 is 5.97. The molecule has 1 fully saturated rings. The van der Waals surface area contributed by atoms with E-state index in [2.05, 4.69) is 11.2 Å². The van der Waals surface area contributed by atoms with E-state index in [4.69, 9.17) is 4.42 Å². The number of hydrogen-bond acceptors (Lipinski definition) is 4. The molecule has 1 aromatic heterocycles. The smallest absolute Gasteiger partial charge is 0.289 e. The maximum absolute atomic E-state index is 13.1. The fourth-order valence-corrected chi connectivity index (χ4v) is 4.34. The number of carbonyl (C=O) groups is 1. The van der Waals surface area contributed by atoms with Gasteiger partial charge in [0.15, 0.2) is 5.76 Å². The average molecular weight is 346 g/mol. The van der Waals surface area contributed by atoms with Crippen molar-refractivity contribution in [3.8, 4) is 0 Å². The van der Waals surface area contributed by atoms with E-state index in [0.717, 1.165) is 29.4 Å². The van der Waals surface area contributed by atoms with Gasteiger partial charge in [0.2, 0.25) is 0 Å². The van der Waals surface area contributed by atoms with Crippen molar-refractivity contribution in [3.05, 3.63) is 35.6 Å². The number of fused-ring (bicyclic) bond motifs is 1. The number of hydrogen-bond donors (Lipinski definition) is 0. The minimum absolute atomic E-state index is 0.00908. The van der Waals surface area contributed by atoms with E-state index >= 15 is 0 Å². The van der Waals surface area contributed by atoms with Crippen LogP contribution in [0.2, 0.25) is 0 Å². The van der Waals surface area contributed by atoms with Crippen molar-refractivity contribution in [3.63, 3.8) is 0 Å². The molecule has 0 saturated heterocycles. The van der Waals surface area contributed by atoms with Crippen LogP contribution in [0.1, 0.15) is 35.4 Å². The minimum atomic E-state index is 0.00908. The molecular formula is C19H26N2O2S. The van der Waals surface area contributed by atoms with Gasteiger partial charge < -0.3 is 14.2 Å². The molecule has 5 heteroatoms. The van der Waals surface area contributed by atoms with Crippen LogP contribution in [0.15, 0.2) is 28.7 Å². The van der Waals surface area contributed by atoms with E-state index in [1.54, 1.807) is 0 Å². The van der Waals surface area contributed by atoms with Gasteiger partial charge in [-0.05, 0) is 45.7 Å². The summed E-state index contributed by atoms with van der Waals surface area (Å²) in [5.41, 5.74) is 1.78. The molecule has 1 aromatic carbocycles. The molecule has 4 nitrogen and oxygen atoms in total. The van der Waals surface area contributed by atoms with E-state index in [-0.39, 0.29) is 5.91 Å². The van der Waals surface area contributed by atoms with Gasteiger partial charge in [0, 0.05) is 35.8 Å². The molecule has 1 heterocycles. The molecule has 2 aromatic rings. The van der Waals surface area contributed by atoms with Crippen LogP contribution in [0.3, 0.4) is 0 Å². The second-order valence-corrected chi connectivity index (χ2v) is 8.02. The molecule has 0 aliphatic heterocycles. The standard InChI is InChI=1S/C19H26N2O2S/c1-20(2)12-16-15-7-5-6-8-17(15)23-18(16)19(22)21(3)13-9-10-14(11-13)24-4/h5-8,13-14H,9-12H2,1-4H3/t13-,14+/m1/s1. The quantitative estimate of drug-likeness (QED) is 0.824. The topological polar surface area (TPSA) is 36.7 Å². The fraction of sp³-hybridized carbons (Fsp3) is 0.526. The van der Waals surface area contributed by atoms with E-state index in [1.165, 1.54) is 6.42 Å². The molecule has 1 aliphatic carbocycles. The highest BCUT2D eigenvalue weighted by Crippen LogP contribution is 2.33. The van der Waals surface area contributed by atoms with Crippen molar-refractivity contribution in [2.75, 3.05) is 27.4 Å². The molecule has 130 valence electrons. The third kappa shape index (κ3) is 3.33. The third-order valence-electron chi connectivity index (χ3n) is 4.93. The molecule has 0 radical (unpaired) electrons. The molecule has 1 saturated carbocycles. The van der Waals surface area contributed by atoms with Crippen LogP contribution in [0, 0.1) is 0 Å². The van der Waals surface area contributed by atoms with Crippen LogP contribution in [0.5, 0.6) is 0 Å². The van der Waals surface area contributed by atoms with Crippen molar-refractivity contribution in [2.24, 2.45) is 0 Å². The molecule has 2 atom stereocenters. The highest BCUT2D eigenvalue weighted by molar-refractivity contribution is 7.99. The maximum atomic E-state index is 13.1. The van der Waals surface area contributed by atoms with Crippen LogP contribution in [0.4, 0.5) is 0 Å². The second-order valence-electron chi connectivity index (χ2n) is 6.88. The largest absolute Gasteiger partial charge is 0.451 e. The summed E-state index contributed by atoms with van der Waals surface area (Å²) in [7, 11) is 5.95. The number of furan rings is 1. The summed E-state index contributed by atoms with van der Waals surface area (Å²) >= 11 is 1.91. The van der Waals surface area contributed by atoms with Gasteiger partial charge in [-0.25, -0.2) is 0 Å². The highest BCUT2D eigenvalue weighted by atomic mass is 32.2. The lowest BCUT2D eigenvalue weighted by molar-refractivity contribution is 0.0703. The average Bonchev–Trinajstić information content (AvgIpc) is 3.18. The lowest BCUT2D eigenvalue weighted by Gasteiger charge is -2.24. The third-order valence-corrected chi connectivity index (χ3v) is 6.02. The second kappa shape index (κ2) is 7.19. The molecule has 0 N–H and O–H groups in total. The SMILES string of the molecule is CS[C@H]1CC[C@@H](N(C)C(=O)c2oc3ccccc3c2CN(C)C)C1. The Bertz CT molecular complexity index is 725. The van der Waals surface area contributed by atoms with E-state index < -0.39 is 0 Å². The molecule has 0 unspecified atom stereocenters. The first-order valence-electron chi connectivity index (χ1n) is 8.46. The van der Waals surface area contributed by atoms with E-state index in [0.29, 0.717) is 23.6 Å². The Hall–Kier alpha value is -1.46. The highest BCUT2D eigenvalue weighted by Gasteiger charge is 2.32. The van der Waals surface area contributed by atoms with Gasteiger partial charge in [0.25, 0.3) is 5.91 Å². The normalized spacial score (nSPS) is 20.9. The van der Waals surface area contributed by atoms with Crippen molar-refractivity contribution in [1.82, 2.24) is 9.80 Å². The summed E-state index contributed by atoms with van der Waals surface area (Å²) in [6, 6.07) is 8.23. The summed E-state index contributed by atoms with van der Waals surface area (Å²) in [5, 5.41) is 1.71. The van der Waals surface area contributed by atoms with Crippen molar-refractivity contribution in [1.29, 1.82) is 0 Å². The minimum Gasteiger partial charge on any atom is -0.451 e. The van der Waals surface area contributed by atoms with Gasteiger partial charge in [0.05, 0.1) is 0 Å². The predicted octanol–water partition coefficient (Wildman–Crippen LogP) is 3.85.